The predicted octanol–water partition coefficient (Wildman–Crippen LogP) is 2.17. The zero-order valence-electron chi connectivity index (χ0n) is 15.2. The van der Waals surface area contributed by atoms with Crippen molar-refractivity contribution in [2.45, 2.75) is 53.0 Å². The highest BCUT2D eigenvalue weighted by atomic mass is 127. The van der Waals surface area contributed by atoms with E-state index >= 15 is 0 Å². The van der Waals surface area contributed by atoms with Crippen molar-refractivity contribution in [3.63, 3.8) is 0 Å². The van der Waals surface area contributed by atoms with Crippen LogP contribution in [0.2, 0.25) is 0 Å². The van der Waals surface area contributed by atoms with Gasteiger partial charge >= 0.3 is 0 Å². The summed E-state index contributed by atoms with van der Waals surface area (Å²) in [5.74, 6) is 1.91. The summed E-state index contributed by atoms with van der Waals surface area (Å²) < 4.78 is 5.72. The zero-order valence-corrected chi connectivity index (χ0v) is 17.6. The smallest absolute Gasteiger partial charge is 0.241 e. The molecule has 0 bridgehead atoms. The second-order valence-corrected chi connectivity index (χ2v) is 6.27. The number of carbonyl (C=O) groups excluding carboxylic acids is 1. The molecular formula is C16H30IN5O2. The molecule has 0 saturated heterocycles. The molecule has 1 aromatic heterocycles. The van der Waals surface area contributed by atoms with Crippen LogP contribution in [-0.4, -0.2) is 36.5 Å². The van der Waals surface area contributed by atoms with Gasteiger partial charge in [0.15, 0.2) is 5.96 Å². The fraction of sp³-hybridized carbons (Fsp3) is 0.688. The minimum absolute atomic E-state index is 0. The summed E-state index contributed by atoms with van der Waals surface area (Å²) in [6.45, 7) is 12.1. The normalized spacial score (nSPS) is 11.6. The predicted molar refractivity (Wildman–Crippen MR) is 107 cm³/mol. The van der Waals surface area contributed by atoms with E-state index in [4.69, 9.17) is 4.42 Å². The highest BCUT2D eigenvalue weighted by molar-refractivity contribution is 14.0. The van der Waals surface area contributed by atoms with E-state index in [0.29, 0.717) is 31.5 Å². The minimum Gasteiger partial charge on any atom is -0.443 e. The van der Waals surface area contributed by atoms with Crippen LogP contribution in [0.5, 0.6) is 0 Å². The van der Waals surface area contributed by atoms with Gasteiger partial charge in [0, 0.05) is 18.5 Å². The van der Waals surface area contributed by atoms with Crippen molar-refractivity contribution in [1.82, 2.24) is 20.9 Å². The molecule has 1 rings (SSSR count). The van der Waals surface area contributed by atoms with Crippen molar-refractivity contribution in [2.75, 3.05) is 19.6 Å². The van der Waals surface area contributed by atoms with Gasteiger partial charge in [0.25, 0.3) is 0 Å². The Bertz CT molecular complexity index is 523. The number of aliphatic imine (C=N–C) groups is 1. The number of rotatable bonds is 7. The average Bonchev–Trinajstić information content (AvgIpc) is 2.97. The second kappa shape index (κ2) is 11.3. The number of nitrogens with zero attached hydrogens (tertiary/aromatic N) is 2. The molecule has 1 amide bonds. The van der Waals surface area contributed by atoms with Gasteiger partial charge in [0.2, 0.25) is 11.8 Å². The molecule has 0 saturated carbocycles. The lowest BCUT2D eigenvalue weighted by Gasteiger charge is -2.13. The Morgan fingerprint density at radius 1 is 1.25 bits per heavy atom. The number of carbonyl (C=O) groups is 1. The van der Waals surface area contributed by atoms with Gasteiger partial charge in [-0.1, -0.05) is 27.7 Å². The van der Waals surface area contributed by atoms with Crippen LogP contribution >= 0.6 is 24.0 Å². The molecule has 0 aliphatic rings. The van der Waals surface area contributed by atoms with Crippen LogP contribution in [0, 0.1) is 0 Å². The molecule has 24 heavy (non-hydrogen) atoms. The first-order valence-electron chi connectivity index (χ1n) is 8.10. The highest BCUT2D eigenvalue weighted by Crippen LogP contribution is 2.22. The van der Waals surface area contributed by atoms with Crippen molar-refractivity contribution in [1.29, 1.82) is 0 Å². The fourth-order valence-electron chi connectivity index (χ4n) is 1.71. The monoisotopic (exact) mass is 451 g/mol. The topological polar surface area (TPSA) is 91.5 Å². The number of oxazole rings is 1. The van der Waals surface area contributed by atoms with Gasteiger partial charge in [-0.2, -0.15) is 0 Å². The molecule has 0 radical (unpaired) electrons. The molecule has 1 heterocycles. The molecule has 138 valence electrons. The summed E-state index contributed by atoms with van der Waals surface area (Å²) in [4.78, 5) is 20.1. The van der Waals surface area contributed by atoms with E-state index in [1.165, 1.54) is 0 Å². The lowest BCUT2D eigenvalue weighted by atomic mass is 9.94. The molecule has 7 nitrogen and oxygen atoms in total. The summed E-state index contributed by atoms with van der Waals surface area (Å²) in [5.41, 5.74) is -0.0682. The van der Waals surface area contributed by atoms with Gasteiger partial charge in [-0.05, 0) is 13.3 Å². The summed E-state index contributed by atoms with van der Waals surface area (Å²) in [5, 5.41) is 9.00. The maximum Gasteiger partial charge on any atom is 0.241 e. The van der Waals surface area contributed by atoms with Gasteiger partial charge < -0.3 is 20.4 Å². The third kappa shape index (κ3) is 8.51. The molecule has 0 atom stereocenters. The highest BCUT2D eigenvalue weighted by Gasteiger charge is 2.19. The van der Waals surface area contributed by atoms with Gasteiger partial charge in [-0.3, -0.25) is 4.79 Å². The molecule has 0 aromatic carbocycles. The standard InChI is InChI=1S/C16H29N5O2.HI/c1-6-8-18-13(22)10-20-15(17-7-2)21-11-14-19-9-12(23-14)16(3,4)5;/h9H,6-8,10-11H2,1-5H3,(H,18,22)(H2,17,20,21);1H. The number of amides is 1. The van der Waals surface area contributed by atoms with Crippen LogP contribution in [0.3, 0.4) is 0 Å². The Kier molecular flexibility index (Phi) is 10.7. The van der Waals surface area contributed by atoms with Gasteiger partial charge in [-0.25, -0.2) is 9.98 Å². The number of nitrogens with one attached hydrogen (secondary N) is 3. The van der Waals surface area contributed by atoms with Crippen molar-refractivity contribution in [3.05, 3.63) is 17.8 Å². The summed E-state index contributed by atoms with van der Waals surface area (Å²) in [6.07, 6.45) is 2.66. The van der Waals surface area contributed by atoms with Crippen molar-refractivity contribution >= 4 is 35.8 Å². The third-order valence-electron chi connectivity index (χ3n) is 3.00. The lowest BCUT2D eigenvalue weighted by Crippen LogP contribution is -2.38. The van der Waals surface area contributed by atoms with E-state index in [2.05, 4.69) is 46.7 Å². The van der Waals surface area contributed by atoms with Crippen LogP contribution in [0.4, 0.5) is 0 Å². The molecule has 0 unspecified atom stereocenters. The third-order valence-corrected chi connectivity index (χ3v) is 3.00. The van der Waals surface area contributed by atoms with Crippen LogP contribution < -0.4 is 16.0 Å². The number of hydrogen-bond acceptors (Lipinski definition) is 4. The number of guanidine groups is 1. The van der Waals surface area contributed by atoms with Crippen molar-refractivity contribution in [3.8, 4) is 0 Å². The molecule has 8 heteroatoms. The average molecular weight is 451 g/mol. The van der Waals surface area contributed by atoms with Gasteiger partial charge in [0.1, 0.15) is 12.3 Å². The SMILES string of the molecule is CCCNC(=O)CN=C(NCC)NCc1ncc(C(C)(C)C)o1.I. The van der Waals surface area contributed by atoms with E-state index in [-0.39, 0.29) is 41.8 Å². The molecule has 1 aromatic rings. The Morgan fingerprint density at radius 2 is 1.96 bits per heavy atom. The first-order chi connectivity index (χ1) is 10.9. The largest absolute Gasteiger partial charge is 0.443 e. The summed E-state index contributed by atoms with van der Waals surface area (Å²) >= 11 is 0. The summed E-state index contributed by atoms with van der Waals surface area (Å²) in [7, 11) is 0. The molecule has 0 spiro atoms. The molecule has 0 aliphatic carbocycles. The molecular weight excluding hydrogens is 421 g/mol. The van der Waals surface area contributed by atoms with Crippen molar-refractivity contribution in [2.24, 2.45) is 4.99 Å². The zero-order chi connectivity index (χ0) is 17.3. The maximum absolute atomic E-state index is 11.6. The first kappa shape index (κ1) is 22.7. The summed E-state index contributed by atoms with van der Waals surface area (Å²) in [6, 6.07) is 0. The number of halogens is 1. The van der Waals surface area contributed by atoms with Crippen LogP contribution in [0.1, 0.15) is 52.7 Å². The van der Waals surface area contributed by atoms with E-state index in [9.17, 15) is 4.79 Å². The maximum atomic E-state index is 11.6. The van der Waals surface area contributed by atoms with Gasteiger partial charge in [-0.15, -0.1) is 24.0 Å². The lowest BCUT2D eigenvalue weighted by molar-refractivity contribution is -0.119. The molecule has 0 fully saturated rings. The Hall–Kier alpha value is -1.32. The van der Waals surface area contributed by atoms with E-state index < -0.39 is 0 Å². The number of aromatic nitrogens is 1. The molecule has 3 N–H and O–H groups in total. The minimum atomic E-state index is -0.0878. The van der Waals surface area contributed by atoms with Crippen LogP contribution in [0.25, 0.3) is 0 Å². The first-order valence-corrected chi connectivity index (χ1v) is 8.10. The van der Waals surface area contributed by atoms with E-state index in [1.54, 1.807) is 6.20 Å². The van der Waals surface area contributed by atoms with Crippen LogP contribution in [0.15, 0.2) is 15.6 Å². The molecule has 0 aliphatic heterocycles. The Labute approximate surface area is 161 Å². The van der Waals surface area contributed by atoms with E-state index in [1.807, 2.05) is 13.8 Å². The quantitative estimate of drug-likeness (QED) is 0.336. The van der Waals surface area contributed by atoms with Gasteiger partial charge in [0.05, 0.1) is 12.7 Å². The second-order valence-electron chi connectivity index (χ2n) is 6.27. The fourth-order valence-corrected chi connectivity index (χ4v) is 1.71. The van der Waals surface area contributed by atoms with Crippen molar-refractivity contribution < 1.29 is 9.21 Å². The Balaban J connectivity index is 0.00000529. The Morgan fingerprint density at radius 3 is 2.50 bits per heavy atom. The number of hydrogen-bond donors (Lipinski definition) is 3. The van der Waals surface area contributed by atoms with Crippen LogP contribution in [-0.2, 0) is 16.8 Å². The van der Waals surface area contributed by atoms with E-state index in [0.717, 1.165) is 12.2 Å².